The van der Waals surface area contributed by atoms with Gasteiger partial charge >= 0.3 is 0 Å². The second kappa shape index (κ2) is 8.65. The number of aromatic nitrogens is 3. The van der Waals surface area contributed by atoms with Gasteiger partial charge in [0, 0.05) is 31.2 Å². The number of nitrogens with one attached hydrogen (secondary N) is 1. The Morgan fingerprint density at radius 3 is 2.87 bits per heavy atom. The number of aryl methyl sites for hydroxylation is 1. The highest BCUT2D eigenvalue weighted by molar-refractivity contribution is 5.96. The number of fused-ring (bicyclic) bond motifs is 1. The summed E-state index contributed by atoms with van der Waals surface area (Å²) in [7, 11) is 1.56. The average molecular weight is 402 g/mol. The summed E-state index contributed by atoms with van der Waals surface area (Å²) < 4.78 is 13.0. The number of pyridine rings is 2. The van der Waals surface area contributed by atoms with Gasteiger partial charge in [0.2, 0.25) is 5.88 Å². The molecular formula is C23H22N4O3. The predicted octanol–water partition coefficient (Wildman–Crippen LogP) is 3.56. The quantitative estimate of drug-likeness (QED) is 0.511. The van der Waals surface area contributed by atoms with E-state index in [0.29, 0.717) is 23.7 Å². The molecule has 0 saturated heterocycles. The second-order valence-corrected chi connectivity index (χ2v) is 6.83. The van der Waals surface area contributed by atoms with Crippen molar-refractivity contribution in [1.82, 2.24) is 19.7 Å². The van der Waals surface area contributed by atoms with Crippen LogP contribution in [0.25, 0.3) is 5.65 Å². The Balaban J connectivity index is 1.44. The first-order valence-corrected chi connectivity index (χ1v) is 9.56. The van der Waals surface area contributed by atoms with Crippen LogP contribution in [-0.2, 0) is 13.2 Å². The van der Waals surface area contributed by atoms with E-state index in [-0.39, 0.29) is 12.5 Å². The fourth-order valence-electron chi connectivity index (χ4n) is 3.16. The standard InChI is InChI=1S/C23H22N4O3/c1-16-6-5-11-27-14-18(26-22(16)27)15-30-20-8-4-3-7-19(20)23(28)25-13-17-9-10-24-21(12-17)29-2/h3-12,14H,13,15H2,1-2H3,(H,25,28). The van der Waals surface area contributed by atoms with Crippen molar-refractivity contribution >= 4 is 11.6 Å². The van der Waals surface area contributed by atoms with Crippen molar-refractivity contribution in [1.29, 1.82) is 0 Å². The van der Waals surface area contributed by atoms with Crippen LogP contribution >= 0.6 is 0 Å². The summed E-state index contributed by atoms with van der Waals surface area (Å²) in [5, 5.41) is 2.91. The molecule has 1 aromatic carbocycles. The molecular weight excluding hydrogens is 380 g/mol. The lowest BCUT2D eigenvalue weighted by Crippen LogP contribution is -2.23. The third-order valence-electron chi connectivity index (χ3n) is 4.70. The molecule has 0 saturated carbocycles. The van der Waals surface area contributed by atoms with Crippen LogP contribution in [0, 0.1) is 6.92 Å². The summed E-state index contributed by atoms with van der Waals surface area (Å²) in [5.41, 5.74) is 4.15. The number of para-hydroxylation sites is 1. The average Bonchev–Trinajstić information content (AvgIpc) is 3.21. The Bertz CT molecular complexity index is 1190. The molecule has 0 spiro atoms. The first kappa shape index (κ1) is 19.4. The molecule has 7 heteroatoms. The number of nitrogens with zero attached hydrogens (tertiary/aromatic N) is 3. The summed E-state index contributed by atoms with van der Waals surface area (Å²) in [6.07, 6.45) is 5.53. The fraction of sp³-hybridized carbons (Fsp3) is 0.174. The molecule has 0 unspecified atom stereocenters. The number of amides is 1. The molecule has 0 fully saturated rings. The maximum absolute atomic E-state index is 12.7. The van der Waals surface area contributed by atoms with Gasteiger partial charge in [-0.1, -0.05) is 18.2 Å². The Morgan fingerprint density at radius 1 is 1.17 bits per heavy atom. The molecule has 0 radical (unpaired) electrons. The topological polar surface area (TPSA) is 77.8 Å². The van der Waals surface area contributed by atoms with E-state index in [1.807, 2.05) is 54.0 Å². The van der Waals surface area contributed by atoms with Crippen molar-refractivity contribution in [2.75, 3.05) is 7.11 Å². The highest BCUT2D eigenvalue weighted by Gasteiger charge is 2.13. The lowest BCUT2D eigenvalue weighted by Gasteiger charge is -2.11. The third-order valence-corrected chi connectivity index (χ3v) is 4.70. The molecule has 0 atom stereocenters. The molecule has 4 rings (SSSR count). The molecule has 1 amide bonds. The van der Waals surface area contributed by atoms with E-state index < -0.39 is 0 Å². The number of hydrogen-bond acceptors (Lipinski definition) is 5. The summed E-state index contributed by atoms with van der Waals surface area (Å²) in [6.45, 7) is 2.65. The third kappa shape index (κ3) is 4.25. The van der Waals surface area contributed by atoms with Crippen LogP contribution in [0.2, 0.25) is 0 Å². The molecule has 30 heavy (non-hydrogen) atoms. The van der Waals surface area contributed by atoms with Crippen molar-refractivity contribution in [2.45, 2.75) is 20.1 Å². The van der Waals surface area contributed by atoms with Gasteiger partial charge in [0.1, 0.15) is 18.0 Å². The smallest absolute Gasteiger partial charge is 0.255 e. The van der Waals surface area contributed by atoms with E-state index in [1.54, 1.807) is 31.5 Å². The lowest BCUT2D eigenvalue weighted by molar-refractivity contribution is 0.0946. The zero-order valence-electron chi connectivity index (χ0n) is 16.8. The van der Waals surface area contributed by atoms with E-state index in [9.17, 15) is 4.79 Å². The largest absolute Gasteiger partial charge is 0.486 e. The van der Waals surface area contributed by atoms with Crippen molar-refractivity contribution in [3.05, 3.63) is 89.5 Å². The molecule has 1 N–H and O–H groups in total. The summed E-state index contributed by atoms with van der Waals surface area (Å²) in [5.74, 6) is 0.802. The maximum Gasteiger partial charge on any atom is 0.255 e. The molecule has 0 aliphatic heterocycles. The molecule has 3 heterocycles. The summed E-state index contributed by atoms with van der Waals surface area (Å²) in [4.78, 5) is 21.4. The molecule has 4 aromatic rings. The highest BCUT2D eigenvalue weighted by Crippen LogP contribution is 2.20. The fourth-order valence-corrected chi connectivity index (χ4v) is 3.16. The number of hydrogen-bond donors (Lipinski definition) is 1. The van der Waals surface area contributed by atoms with Gasteiger partial charge in [-0.2, -0.15) is 0 Å². The number of carbonyl (C=O) groups excluding carboxylic acids is 1. The van der Waals surface area contributed by atoms with E-state index in [1.165, 1.54) is 0 Å². The van der Waals surface area contributed by atoms with Gasteiger partial charge < -0.3 is 19.2 Å². The Kier molecular flexibility index (Phi) is 5.61. The highest BCUT2D eigenvalue weighted by atomic mass is 16.5. The molecule has 0 bridgehead atoms. The van der Waals surface area contributed by atoms with Crippen LogP contribution in [0.4, 0.5) is 0 Å². The number of imidazole rings is 1. The van der Waals surface area contributed by atoms with Crippen LogP contribution in [0.1, 0.15) is 27.2 Å². The number of ether oxygens (including phenoxy) is 2. The zero-order chi connectivity index (χ0) is 20.9. The first-order chi connectivity index (χ1) is 14.6. The first-order valence-electron chi connectivity index (χ1n) is 9.56. The number of benzene rings is 1. The monoisotopic (exact) mass is 402 g/mol. The van der Waals surface area contributed by atoms with Gasteiger partial charge in [0.05, 0.1) is 18.4 Å². The normalized spacial score (nSPS) is 10.7. The SMILES string of the molecule is COc1cc(CNC(=O)c2ccccc2OCc2cn3cccc(C)c3n2)ccn1. The molecule has 152 valence electrons. The van der Waals surface area contributed by atoms with E-state index in [0.717, 1.165) is 22.5 Å². The van der Waals surface area contributed by atoms with Crippen molar-refractivity contribution < 1.29 is 14.3 Å². The van der Waals surface area contributed by atoms with E-state index in [2.05, 4.69) is 15.3 Å². The van der Waals surface area contributed by atoms with Crippen LogP contribution in [0.5, 0.6) is 11.6 Å². The van der Waals surface area contributed by atoms with E-state index in [4.69, 9.17) is 9.47 Å². The van der Waals surface area contributed by atoms with Gasteiger partial charge in [-0.15, -0.1) is 0 Å². The lowest BCUT2D eigenvalue weighted by atomic mass is 10.2. The molecule has 7 nitrogen and oxygen atoms in total. The van der Waals surface area contributed by atoms with Crippen molar-refractivity contribution in [3.63, 3.8) is 0 Å². The Hall–Kier alpha value is -3.87. The van der Waals surface area contributed by atoms with Gasteiger partial charge in [-0.05, 0) is 42.3 Å². The number of methoxy groups -OCH3 is 1. The second-order valence-electron chi connectivity index (χ2n) is 6.83. The van der Waals surface area contributed by atoms with Crippen LogP contribution < -0.4 is 14.8 Å². The van der Waals surface area contributed by atoms with Gasteiger partial charge in [0.25, 0.3) is 5.91 Å². The number of rotatable bonds is 7. The Morgan fingerprint density at radius 2 is 2.03 bits per heavy atom. The van der Waals surface area contributed by atoms with Gasteiger partial charge in [0.15, 0.2) is 0 Å². The van der Waals surface area contributed by atoms with Crippen LogP contribution in [0.3, 0.4) is 0 Å². The minimum atomic E-state index is -0.216. The van der Waals surface area contributed by atoms with Crippen LogP contribution in [-0.4, -0.2) is 27.4 Å². The summed E-state index contributed by atoms with van der Waals surface area (Å²) >= 11 is 0. The summed E-state index contributed by atoms with van der Waals surface area (Å²) in [6, 6.07) is 14.8. The minimum Gasteiger partial charge on any atom is -0.486 e. The molecule has 0 aliphatic rings. The Labute approximate surface area is 174 Å². The van der Waals surface area contributed by atoms with E-state index >= 15 is 0 Å². The van der Waals surface area contributed by atoms with Crippen molar-refractivity contribution in [2.24, 2.45) is 0 Å². The van der Waals surface area contributed by atoms with Gasteiger partial charge in [-0.25, -0.2) is 9.97 Å². The molecule has 0 aliphatic carbocycles. The maximum atomic E-state index is 12.7. The number of carbonyl (C=O) groups is 1. The van der Waals surface area contributed by atoms with Crippen LogP contribution in [0.15, 0.2) is 67.1 Å². The zero-order valence-corrected chi connectivity index (χ0v) is 16.8. The molecule has 3 aromatic heterocycles. The predicted molar refractivity (Wildman–Crippen MR) is 113 cm³/mol. The minimum absolute atomic E-state index is 0.216. The van der Waals surface area contributed by atoms with Gasteiger partial charge in [-0.3, -0.25) is 4.79 Å². The van der Waals surface area contributed by atoms with Crippen molar-refractivity contribution in [3.8, 4) is 11.6 Å².